The van der Waals surface area contributed by atoms with Gasteiger partial charge in [0, 0.05) is 36.6 Å². The number of rotatable bonds is 10. The number of carbonyl (C=O) groups is 1. The molecule has 0 spiro atoms. The molecule has 0 saturated carbocycles. The molecule has 0 bridgehead atoms. The predicted octanol–water partition coefficient (Wildman–Crippen LogP) is 3.60. The van der Waals surface area contributed by atoms with Crippen LogP contribution in [0, 0.1) is 4.77 Å². The molecule has 0 fully saturated rings. The van der Waals surface area contributed by atoms with E-state index in [0.717, 1.165) is 37.3 Å². The van der Waals surface area contributed by atoms with Crippen LogP contribution in [0.4, 0.5) is 0 Å². The number of aryl methyl sites for hydroxylation is 1. The zero-order valence-corrected chi connectivity index (χ0v) is 17.8. The summed E-state index contributed by atoms with van der Waals surface area (Å²) in [6.45, 7) is 4.87. The molecule has 0 aliphatic heterocycles. The first-order chi connectivity index (χ1) is 12.9. The summed E-state index contributed by atoms with van der Waals surface area (Å²) >= 11 is 11.6. The molecular formula is C19H28ClN5OS. The van der Waals surface area contributed by atoms with Crippen LogP contribution >= 0.6 is 23.8 Å². The van der Waals surface area contributed by atoms with Crippen molar-refractivity contribution in [3.8, 4) is 11.4 Å². The Morgan fingerprint density at radius 1 is 1.26 bits per heavy atom. The summed E-state index contributed by atoms with van der Waals surface area (Å²) in [7, 11) is 3.96. The van der Waals surface area contributed by atoms with Crippen molar-refractivity contribution in [1.29, 1.82) is 0 Å². The topological polar surface area (TPSA) is 55.1 Å². The third-order valence-electron chi connectivity index (χ3n) is 4.19. The second-order valence-electron chi connectivity index (χ2n) is 6.74. The van der Waals surface area contributed by atoms with Crippen LogP contribution in [-0.2, 0) is 17.9 Å². The number of benzene rings is 1. The minimum atomic E-state index is 0.00917. The largest absolute Gasteiger partial charge is 0.355 e. The van der Waals surface area contributed by atoms with E-state index >= 15 is 0 Å². The van der Waals surface area contributed by atoms with Crippen molar-refractivity contribution in [3.63, 3.8) is 0 Å². The van der Waals surface area contributed by atoms with Crippen LogP contribution < -0.4 is 5.32 Å². The first-order valence-corrected chi connectivity index (χ1v) is 10.1. The highest BCUT2D eigenvalue weighted by molar-refractivity contribution is 7.71. The Hall–Kier alpha value is -1.70. The van der Waals surface area contributed by atoms with E-state index in [2.05, 4.69) is 17.3 Å². The average molecular weight is 410 g/mol. The van der Waals surface area contributed by atoms with E-state index in [1.165, 1.54) is 0 Å². The number of amides is 1. The van der Waals surface area contributed by atoms with Crippen LogP contribution in [0.5, 0.6) is 0 Å². The zero-order chi connectivity index (χ0) is 19.8. The fourth-order valence-electron chi connectivity index (χ4n) is 2.63. The molecule has 1 heterocycles. The number of unbranched alkanes of at least 4 members (excludes halogenated alkanes) is 1. The maximum absolute atomic E-state index is 12.1. The van der Waals surface area contributed by atoms with E-state index in [1.54, 1.807) is 4.68 Å². The fraction of sp³-hybridized carbons (Fsp3) is 0.526. The van der Waals surface area contributed by atoms with Crippen LogP contribution in [0.25, 0.3) is 11.4 Å². The molecule has 0 unspecified atom stereocenters. The summed E-state index contributed by atoms with van der Waals surface area (Å²) in [6, 6.07) is 7.59. The quantitative estimate of drug-likeness (QED) is 0.609. The first kappa shape index (κ1) is 21.6. The SMILES string of the molecule is CCCCn1c(-c2ccc(Cl)cc2)nn(CCC(=O)NCCN(C)C)c1=S. The van der Waals surface area contributed by atoms with Gasteiger partial charge in [0.05, 0.1) is 6.54 Å². The van der Waals surface area contributed by atoms with Crippen LogP contribution in [0.15, 0.2) is 24.3 Å². The lowest BCUT2D eigenvalue weighted by molar-refractivity contribution is -0.121. The molecule has 1 amide bonds. The lowest BCUT2D eigenvalue weighted by Crippen LogP contribution is -2.31. The molecule has 6 nitrogen and oxygen atoms in total. The predicted molar refractivity (Wildman–Crippen MR) is 113 cm³/mol. The number of nitrogens with zero attached hydrogens (tertiary/aromatic N) is 4. The van der Waals surface area contributed by atoms with Crippen molar-refractivity contribution >= 4 is 29.7 Å². The number of hydrogen-bond acceptors (Lipinski definition) is 4. The normalized spacial score (nSPS) is 11.1. The molecule has 0 aliphatic rings. The van der Waals surface area contributed by atoms with Crippen molar-refractivity contribution in [2.45, 2.75) is 39.3 Å². The van der Waals surface area contributed by atoms with Gasteiger partial charge in [0.1, 0.15) is 0 Å². The summed E-state index contributed by atoms with van der Waals surface area (Å²) in [4.78, 5) is 14.1. The van der Waals surface area contributed by atoms with Crippen molar-refractivity contribution in [2.24, 2.45) is 0 Å². The highest BCUT2D eigenvalue weighted by atomic mass is 35.5. The molecule has 148 valence electrons. The highest BCUT2D eigenvalue weighted by Gasteiger charge is 2.13. The van der Waals surface area contributed by atoms with Crippen LogP contribution in [0.1, 0.15) is 26.2 Å². The summed E-state index contributed by atoms with van der Waals surface area (Å²) < 4.78 is 4.45. The standard InChI is InChI=1S/C19H28ClN5OS/c1-4-5-12-24-18(15-6-8-16(20)9-7-15)22-25(19(24)27)13-10-17(26)21-11-14-23(2)3/h6-9H,4-5,10-14H2,1-3H3,(H,21,26). The number of aromatic nitrogens is 3. The second-order valence-corrected chi connectivity index (χ2v) is 7.55. The summed E-state index contributed by atoms with van der Waals surface area (Å²) in [5.41, 5.74) is 0.968. The van der Waals surface area contributed by atoms with Crippen LogP contribution in [0.3, 0.4) is 0 Å². The summed E-state index contributed by atoms with van der Waals surface area (Å²) in [5.74, 6) is 0.827. The molecule has 0 saturated heterocycles. The molecular weight excluding hydrogens is 382 g/mol. The van der Waals surface area contributed by atoms with E-state index in [1.807, 2.05) is 47.8 Å². The van der Waals surface area contributed by atoms with E-state index in [9.17, 15) is 4.79 Å². The molecule has 0 atom stereocenters. The van der Waals surface area contributed by atoms with E-state index in [0.29, 0.717) is 29.3 Å². The van der Waals surface area contributed by atoms with E-state index < -0.39 is 0 Å². The van der Waals surface area contributed by atoms with Crippen molar-refractivity contribution in [1.82, 2.24) is 24.6 Å². The summed E-state index contributed by atoms with van der Waals surface area (Å²) in [6.07, 6.45) is 2.44. The zero-order valence-electron chi connectivity index (χ0n) is 16.2. The number of halogens is 1. The van der Waals surface area contributed by atoms with Crippen molar-refractivity contribution in [2.75, 3.05) is 27.2 Å². The third kappa shape index (κ3) is 6.45. The molecule has 27 heavy (non-hydrogen) atoms. The summed E-state index contributed by atoms with van der Waals surface area (Å²) in [5, 5.41) is 8.29. The van der Waals surface area contributed by atoms with Gasteiger partial charge in [0.2, 0.25) is 5.91 Å². The van der Waals surface area contributed by atoms with Gasteiger partial charge in [0.15, 0.2) is 10.6 Å². The monoisotopic (exact) mass is 409 g/mol. The molecule has 1 aromatic carbocycles. The lowest BCUT2D eigenvalue weighted by atomic mass is 10.2. The molecule has 1 N–H and O–H groups in total. The third-order valence-corrected chi connectivity index (χ3v) is 4.88. The number of likely N-dealkylation sites (N-methyl/N-ethyl adjacent to an activating group) is 1. The first-order valence-electron chi connectivity index (χ1n) is 9.27. The van der Waals surface area contributed by atoms with Gasteiger partial charge in [-0.05, 0) is 57.0 Å². The van der Waals surface area contributed by atoms with Gasteiger partial charge in [-0.1, -0.05) is 24.9 Å². The smallest absolute Gasteiger partial charge is 0.221 e. The number of nitrogens with one attached hydrogen (secondary N) is 1. The molecule has 8 heteroatoms. The van der Waals surface area contributed by atoms with Gasteiger partial charge < -0.3 is 10.2 Å². The minimum absolute atomic E-state index is 0.00917. The minimum Gasteiger partial charge on any atom is -0.355 e. The molecule has 2 rings (SSSR count). The molecule has 1 aromatic heterocycles. The number of hydrogen-bond donors (Lipinski definition) is 1. The second kappa shape index (κ2) is 10.6. The molecule has 0 aliphatic carbocycles. The Bertz CT molecular complexity index is 797. The fourth-order valence-corrected chi connectivity index (χ4v) is 3.07. The Labute approximate surface area is 171 Å². The Morgan fingerprint density at radius 2 is 1.96 bits per heavy atom. The van der Waals surface area contributed by atoms with Crippen molar-refractivity contribution < 1.29 is 4.79 Å². The molecule has 2 aromatic rings. The Morgan fingerprint density at radius 3 is 2.59 bits per heavy atom. The Kier molecular flexibility index (Phi) is 8.47. The average Bonchev–Trinajstić information content (AvgIpc) is 2.94. The lowest BCUT2D eigenvalue weighted by Gasteiger charge is -2.10. The Balaban J connectivity index is 2.13. The van der Waals surface area contributed by atoms with Gasteiger partial charge >= 0.3 is 0 Å². The van der Waals surface area contributed by atoms with E-state index in [-0.39, 0.29) is 5.91 Å². The number of carbonyl (C=O) groups excluding carboxylic acids is 1. The van der Waals surface area contributed by atoms with Gasteiger partial charge in [-0.15, -0.1) is 0 Å². The van der Waals surface area contributed by atoms with Crippen molar-refractivity contribution in [3.05, 3.63) is 34.1 Å². The van der Waals surface area contributed by atoms with Gasteiger partial charge in [0.25, 0.3) is 0 Å². The van der Waals surface area contributed by atoms with Gasteiger partial charge in [-0.2, -0.15) is 5.10 Å². The van der Waals surface area contributed by atoms with Crippen LogP contribution in [-0.4, -0.2) is 52.3 Å². The highest BCUT2D eigenvalue weighted by Crippen LogP contribution is 2.21. The molecule has 0 radical (unpaired) electrons. The van der Waals surface area contributed by atoms with E-state index in [4.69, 9.17) is 23.8 Å². The van der Waals surface area contributed by atoms with Gasteiger partial charge in [-0.25, -0.2) is 4.68 Å². The van der Waals surface area contributed by atoms with Gasteiger partial charge in [-0.3, -0.25) is 9.36 Å². The van der Waals surface area contributed by atoms with Crippen LogP contribution in [0.2, 0.25) is 5.02 Å². The maximum atomic E-state index is 12.1. The maximum Gasteiger partial charge on any atom is 0.221 e.